The quantitative estimate of drug-likeness (QED) is 0.720. The first-order valence-electron chi connectivity index (χ1n) is 6.68. The number of benzene rings is 1. The predicted molar refractivity (Wildman–Crippen MR) is 75.3 cm³/mol. The van der Waals surface area contributed by atoms with Crippen molar-refractivity contribution in [3.8, 4) is 5.75 Å². The average Bonchev–Trinajstić information content (AvgIpc) is 2.38. The highest BCUT2D eigenvalue weighted by atomic mass is 16.5. The molecule has 102 valence electrons. The van der Waals surface area contributed by atoms with E-state index < -0.39 is 0 Å². The molecule has 1 atom stereocenters. The van der Waals surface area contributed by atoms with Crippen molar-refractivity contribution in [2.75, 3.05) is 26.9 Å². The van der Waals surface area contributed by atoms with Gasteiger partial charge in [-0.15, -0.1) is 0 Å². The van der Waals surface area contributed by atoms with Gasteiger partial charge >= 0.3 is 0 Å². The molecule has 0 spiro atoms. The van der Waals surface area contributed by atoms with E-state index in [1.807, 2.05) is 13.0 Å². The second-order valence-corrected chi connectivity index (χ2v) is 4.32. The van der Waals surface area contributed by atoms with Gasteiger partial charge in [-0.1, -0.05) is 13.0 Å². The van der Waals surface area contributed by atoms with E-state index >= 15 is 0 Å². The van der Waals surface area contributed by atoms with Gasteiger partial charge in [-0.05, 0) is 50.1 Å². The molecule has 0 saturated carbocycles. The SMILES string of the molecule is CCNC(CCOCC)c1ccc(OC)cc1C. The van der Waals surface area contributed by atoms with Crippen LogP contribution in [-0.2, 0) is 4.74 Å². The Morgan fingerprint density at radius 1 is 1.28 bits per heavy atom. The van der Waals surface area contributed by atoms with Gasteiger partial charge in [0.15, 0.2) is 0 Å². The molecule has 1 unspecified atom stereocenters. The van der Waals surface area contributed by atoms with Gasteiger partial charge in [-0.25, -0.2) is 0 Å². The van der Waals surface area contributed by atoms with Gasteiger partial charge in [0.1, 0.15) is 5.75 Å². The molecule has 18 heavy (non-hydrogen) atoms. The van der Waals surface area contributed by atoms with E-state index in [0.717, 1.165) is 31.9 Å². The number of rotatable bonds is 8. The van der Waals surface area contributed by atoms with Crippen molar-refractivity contribution in [1.82, 2.24) is 5.32 Å². The van der Waals surface area contributed by atoms with E-state index in [1.54, 1.807) is 7.11 Å². The molecule has 3 heteroatoms. The number of aryl methyl sites for hydroxylation is 1. The monoisotopic (exact) mass is 251 g/mol. The van der Waals surface area contributed by atoms with E-state index in [2.05, 4.69) is 31.3 Å². The summed E-state index contributed by atoms with van der Waals surface area (Å²) >= 11 is 0. The van der Waals surface area contributed by atoms with Crippen LogP contribution in [0.1, 0.15) is 37.4 Å². The molecule has 0 amide bonds. The second kappa shape index (κ2) is 8.11. The number of methoxy groups -OCH3 is 1. The Labute approximate surface area is 110 Å². The third-order valence-electron chi connectivity index (χ3n) is 3.06. The molecule has 3 nitrogen and oxygen atoms in total. The lowest BCUT2D eigenvalue weighted by Gasteiger charge is -2.20. The molecular weight excluding hydrogens is 226 g/mol. The highest BCUT2D eigenvalue weighted by molar-refractivity contribution is 5.36. The Bertz CT molecular complexity index is 352. The molecule has 0 bridgehead atoms. The number of hydrogen-bond donors (Lipinski definition) is 1. The molecule has 0 aliphatic carbocycles. The zero-order chi connectivity index (χ0) is 13.4. The summed E-state index contributed by atoms with van der Waals surface area (Å²) in [6, 6.07) is 6.61. The summed E-state index contributed by atoms with van der Waals surface area (Å²) in [4.78, 5) is 0. The van der Waals surface area contributed by atoms with Gasteiger partial charge in [0, 0.05) is 19.3 Å². The van der Waals surface area contributed by atoms with Gasteiger partial charge < -0.3 is 14.8 Å². The zero-order valence-corrected chi connectivity index (χ0v) is 12.0. The molecule has 1 rings (SSSR count). The average molecular weight is 251 g/mol. The minimum Gasteiger partial charge on any atom is -0.497 e. The van der Waals surface area contributed by atoms with Gasteiger partial charge in [0.2, 0.25) is 0 Å². The van der Waals surface area contributed by atoms with Crippen molar-refractivity contribution < 1.29 is 9.47 Å². The van der Waals surface area contributed by atoms with Gasteiger partial charge in [0.25, 0.3) is 0 Å². The Hall–Kier alpha value is -1.06. The summed E-state index contributed by atoms with van der Waals surface area (Å²) < 4.78 is 10.7. The van der Waals surface area contributed by atoms with Crippen LogP contribution in [0.15, 0.2) is 18.2 Å². The summed E-state index contributed by atoms with van der Waals surface area (Å²) in [7, 11) is 1.70. The van der Waals surface area contributed by atoms with E-state index in [0.29, 0.717) is 6.04 Å². The maximum Gasteiger partial charge on any atom is 0.119 e. The summed E-state index contributed by atoms with van der Waals surface area (Å²) in [5.74, 6) is 0.913. The largest absolute Gasteiger partial charge is 0.497 e. The third-order valence-corrected chi connectivity index (χ3v) is 3.06. The smallest absolute Gasteiger partial charge is 0.119 e. The molecule has 0 aliphatic rings. The fourth-order valence-corrected chi connectivity index (χ4v) is 2.13. The van der Waals surface area contributed by atoms with Crippen LogP contribution in [0.5, 0.6) is 5.75 Å². The zero-order valence-electron chi connectivity index (χ0n) is 12.0. The van der Waals surface area contributed by atoms with Crippen molar-refractivity contribution in [3.05, 3.63) is 29.3 Å². The van der Waals surface area contributed by atoms with Crippen molar-refractivity contribution in [3.63, 3.8) is 0 Å². The Morgan fingerprint density at radius 2 is 2.06 bits per heavy atom. The summed E-state index contributed by atoms with van der Waals surface area (Å²) in [6.45, 7) is 8.82. The van der Waals surface area contributed by atoms with E-state index in [1.165, 1.54) is 11.1 Å². The van der Waals surface area contributed by atoms with Crippen LogP contribution < -0.4 is 10.1 Å². The maximum absolute atomic E-state index is 5.45. The van der Waals surface area contributed by atoms with E-state index in [-0.39, 0.29) is 0 Å². The Morgan fingerprint density at radius 3 is 2.61 bits per heavy atom. The second-order valence-electron chi connectivity index (χ2n) is 4.32. The van der Waals surface area contributed by atoms with Gasteiger partial charge in [-0.2, -0.15) is 0 Å². The number of nitrogens with one attached hydrogen (secondary N) is 1. The minimum absolute atomic E-state index is 0.354. The highest BCUT2D eigenvalue weighted by Crippen LogP contribution is 2.24. The molecule has 0 radical (unpaired) electrons. The lowest BCUT2D eigenvalue weighted by molar-refractivity contribution is 0.136. The molecule has 0 heterocycles. The van der Waals surface area contributed by atoms with Crippen LogP contribution in [0.4, 0.5) is 0 Å². The maximum atomic E-state index is 5.45. The van der Waals surface area contributed by atoms with E-state index in [4.69, 9.17) is 9.47 Å². The fraction of sp³-hybridized carbons (Fsp3) is 0.600. The summed E-state index contributed by atoms with van der Waals surface area (Å²) in [6.07, 6.45) is 0.995. The molecule has 0 aliphatic heterocycles. The van der Waals surface area contributed by atoms with Crippen LogP contribution in [0, 0.1) is 6.92 Å². The first-order valence-corrected chi connectivity index (χ1v) is 6.68. The standard InChI is InChI=1S/C15H25NO2/c1-5-16-15(9-10-18-6-2)14-8-7-13(17-4)11-12(14)3/h7-8,11,15-16H,5-6,9-10H2,1-4H3. The molecule has 0 aromatic heterocycles. The first-order chi connectivity index (χ1) is 8.72. The van der Waals surface area contributed by atoms with Crippen molar-refractivity contribution >= 4 is 0 Å². The van der Waals surface area contributed by atoms with Crippen LogP contribution in [0.25, 0.3) is 0 Å². The summed E-state index contributed by atoms with van der Waals surface area (Å²) in [5, 5.41) is 3.52. The third kappa shape index (κ3) is 4.31. The molecule has 0 fully saturated rings. The normalized spacial score (nSPS) is 12.4. The fourth-order valence-electron chi connectivity index (χ4n) is 2.13. The van der Waals surface area contributed by atoms with Crippen molar-refractivity contribution in [1.29, 1.82) is 0 Å². The van der Waals surface area contributed by atoms with Gasteiger partial charge in [-0.3, -0.25) is 0 Å². The van der Waals surface area contributed by atoms with Gasteiger partial charge in [0.05, 0.1) is 7.11 Å². The molecule has 0 saturated heterocycles. The molecule has 1 aromatic carbocycles. The molecule has 1 aromatic rings. The summed E-state index contributed by atoms with van der Waals surface area (Å²) in [5.41, 5.74) is 2.59. The minimum atomic E-state index is 0.354. The van der Waals surface area contributed by atoms with Crippen LogP contribution in [0.2, 0.25) is 0 Å². The number of ether oxygens (including phenoxy) is 2. The van der Waals surface area contributed by atoms with Crippen molar-refractivity contribution in [2.24, 2.45) is 0 Å². The van der Waals surface area contributed by atoms with E-state index in [9.17, 15) is 0 Å². The first kappa shape index (κ1) is 15.0. The van der Waals surface area contributed by atoms with Crippen LogP contribution in [0.3, 0.4) is 0 Å². The predicted octanol–water partition coefficient (Wildman–Crippen LogP) is 3.08. The van der Waals surface area contributed by atoms with Crippen LogP contribution in [-0.4, -0.2) is 26.9 Å². The molecule has 1 N–H and O–H groups in total. The lowest BCUT2D eigenvalue weighted by atomic mass is 9.98. The van der Waals surface area contributed by atoms with Crippen LogP contribution >= 0.6 is 0 Å². The molecular formula is C15H25NO2. The van der Waals surface area contributed by atoms with Crippen molar-refractivity contribution in [2.45, 2.75) is 33.2 Å². The lowest BCUT2D eigenvalue weighted by Crippen LogP contribution is -2.23. The topological polar surface area (TPSA) is 30.5 Å². The number of hydrogen-bond acceptors (Lipinski definition) is 3. The Balaban J connectivity index is 2.77. The highest BCUT2D eigenvalue weighted by Gasteiger charge is 2.13. The Kier molecular flexibility index (Phi) is 6.76.